The van der Waals surface area contributed by atoms with Crippen LogP contribution in [0.3, 0.4) is 0 Å². The molecule has 0 spiro atoms. The lowest BCUT2D eigenvalue weighted by Gasteiger charge is -1.98. The lowest BCUT2D eigenvalue weighted by atomic mass is 10.2. The van der Waals surface area contributed by atoms with Gasteiger partial charge in [0.1, 0.15) is 5.78 Å². The summed E-state index contributed by atoms with van der Waals surface area (Å²) in [5.74, 6) is 0.183. The molecule has 0 aromatic heterocycles. The first-order chi connectivity index (χ1) is 6.66. The van der Waals surface area contributed by atoms with Gasteiger partial charge in [-0.15, -0.1) is 0 Å². The first-order valence-electron chi connectivity index (χ1n) is 5.00. The van der Waals surface area contributed by atoms with E-state index in [1.165, 1.54) is 0 Å². The number of aliphatic imine (C=N–C) groups is 1. The van der Waals surface area contributed by atoms with Gasteiger partial charge >= 0.3 is 0 Å². The zero-order chi connectivity index (χ0) is 10.8. The van der Waals surface area contributed by atoms with Crippen LogP contribution in [-0.2, 0) is 9.22 Å². The Kier molecular flexibility index (Phi) is 8.77. The number of hydrogen-bond acceptors (Lipinski definition) is 3. The standard InChI is InChI=1S/C10H19NO2Si/c1-4-13-14-7-5-6-11-9(2)8-10(3)12/h4-8H2,1-3H3. The second-order valence-corrected chi connectivity index (χ2v) is 4.25. The quantitative estimate of drug-likeness (QED) is 0.351. The molecule has 0 N–H and O–H groups in total. The van der Waals surface area contributed by atoms with Crippen LogP contribution in [0.1, 0.15) is 33.6 Å². The third-order valence-corrected chi connectivity index (χ3v) is 2.62. The first-order valence-corrected chi connectivity index (χ1v) is 6.12. The Labute approximate surface area is 88.9 Å². The number of rotatable bonds is 8. The maximum Gasteiger partial charge on any atom is 0.229 e. The van der Waals surface area contributed by atoms with Crippen LogP contribution in [0, 0.1) is 0 Å². The average Bonchev–Trinajstić information content (AvgIpc) is 2.10. The van der Waals surface area contributed by atoms with E-state index in [1.807, 2.05) is 13.8 Å². The molecule has 0 aliphatic rings. The Morgan fingerprint density at radius 1 is 1.43 bits per heavy atom. The lowest BCUT2D eigenvalue weighted by Crippen LogP contribution is -2.02. The van der Waals surface area contributed by atoms with Gasteiger partial charge in [-0.3, -0.25) is 9.79 Å². The Bertz CT molecular complexity index is 193. The Morgan fingerprint density at radius 2 is 2.14 bits per heavy atom. The molecular weight excluding hydrogens is 194 g/mol. The van der Waals surface area contributed by atoms with Crippen molar-refractivity contribution in [2.45, 2.75) is 39.7 Å². The van der Waals surface area contributed by atoms with Crippen LogP contribution in [0.5, 0.6) is 0 Å². The van der Waals surface area contributed by atoms with Gasteiger partial charge in [0.25, 0.3) is 0 Å². The summed E-state index contributed by atoms with van der Waals surface area (Å²) in [6.45, 7) is 7.12. The van der Waals surface area contributed by atoms with Gasteiger partial charge < -0.3 is 4.43 Å². The van der Waals surface area contributed by atoms with E-state index in [2.05, 4.69) is 4.99 Å². The highest BCUT2D eigenvalue weighted by molar-refractivity contribution is 6.26. The third kappa shape index (κ3) is 9.60. The van der Waals surface area contributed by atoms with E-state index >= 15 is 0 Å². The van der Waals surface area contributed by atoms with Gasteiger partial charge in [-0.05, 0) is 33.2 Å². The topological polar surface area (TPSA) is 38.7 Å². The molecule has 0 aliphatic carbocycles. The van der Waals surface area contributed by atoms with E-state index in [-0.39, 0.29) is 5.78 Å². The molecule has 0 heterocycles. The van der Waals surface area contributed by atoms with Gasteiger partial charge in [0, 0.05) is 25.3 Å². The van der Waals surface area contributed by atoms with Crippen LogP contribution in [0.25, 0.3) is 0 Å². The number of hydrogen-bond donors (Lipinski definition) is 0. The van der Waals surface area contributed by atoms with Gasteiger partial charge in [0.2, 0.25) is 9.76 Å². The first kappa shape index (κ1) is 13.5. The van der Waals surface area contributed by atoms with Crippen molar-refractivity contribution in [1.82, 2.24) is 0 Å². The van der Waals surface area contributed by atoms with Crippen LogP contribution >= 0.6 is 0 Å². The van der Waals surface area contributed by atoms with Crippen molar-refractivity contribution < 1.29 is 9.22 Å². The molecule has 0 amide bonds. The van der Waals surface area contributed by atoms with Crippen molar-refractivity contribution in [2.75, 3.05) is 13.2 Å². The molecule has 0 saturated heterocycles. The molecule has 0 aromatic rings. The molecule has 4 heteroatoms. The molecular formula is C10H19NO2Si. The number of ketones is 1. The molecule has 0 aliphatic heterocycles. The summed E-state index contributed by atoms with van der Waals surface area (Å²) in [4.78, 5) is 15.0. The predicted octanol–water partition coefficient (Wildman–Crippen LogP) is 1.89. The van der Waals surface area contributed by atoms with E-state index in [9.17, 15) is 4.79 Å². The largest absolute Gasteiger partial charge is 0.418 e. The fourth-order valence-electron chi connectivity index (χ4n) is 1.01. The average molecular weight is 213 g/mol. The molecule has 3 nitrogen and oxygen atoms in total. The summed E-state index contributed by atoms with van der Waals surface area (Å²) in [6.07, 6.45) is 1.54. The highest BCUT2D eigenvalue weighted by atomic mass is 28.2. The minimum Gasteiger partial charge on any atom is -0.418 e. The molecule has 0 aromatic carbocycles. The second-order valence-electron chi connectivity index (χ2n) is 3.18. The minimum atomic E-state index is 0.183. The van der Waals surface area contributed by atoms with Crippen LogP contribution in [0.2, 0.25) is 6.04 Å². The summed E-state index contributed by atoms with van der Waals surface area (Å²) >= 11 is 0. The van der Waals surface area contributed by atoms with Crippen molar-refractivity contribution in [1.29, 1.82) is 0 Å². The smallest absolute Gasteiger partial charge is 0.229 e. The summed E-state index contributed by atoms with van der Waals surface area (Å²) in [5.41, 5.74) is 0.942. The Hall–Kier alpha value is -0.483. The highest BCUT2D eigenvalue weighted by Crippen LogP contribution is 1.94. The fourth-order valence-corrected chi connectivity index (χ4v) is 1.66. The van der Waals surface area contributed by atoms with Crippen molar-refractivity contribution in [3.63, 3.8) is 0 Å². The van der Waals surface area contributed by atoms with Crippen LogP contribution < -0.4 is 0 Å². The van der Waals surface area contributed by atoms with Crippen molar-refractivity contribution in [2.24, 2.45) is 4.99 Å². The van der Waals surface area contributed by atoms with Gasteiger partial charge in [0.15, 0.2) is 0 Å². The molecule has 2 radical (unpaired) electrons. The monoisotopic (exact) mass is 213 g/mol. The SMILES string of the molecule is CCO[Si]CCCN=C(C)CC(C)=O. The molecule has 0 bridgehead atoms. The van der Waals surface area contributed by atoms with Gasteiger partial charge in [-0.2, -0.15) is 0 Å². The molecule has 0 saturated carbocycles. The normalized spacial score (nSPS) is 11.8. The fraction of sp³-hybridized carbons (Fsp3) is 0.800. The molecule has 0 fully saturated rings. The zero-order valence-corrected chi connectivity index (χ0v) is 10.3. The summed E-state index contributed by atoms with van der Waals surface area (Å²) in [6, 6.07) is 1.07. The molecule has 14 heavy (non-hydrogen) atoms. The van der Waals surface area contributed by atoms with Crippen molar-refractivity contribution >= 4 is 21.3 Å². The second kappa shape index (κ2) is 9.09. The minimum absolute atomic E-state index is 0.183. The summed E-state index contributed by atoms with van der Waals surface area (Å²) < 4.78 is 5.23. The molecule has 0 rings (SSSR count). The maximum atomic E-state index is 10.7. The van der Waals surface area contributed by atoms with E-state index in [4.69, 9.17) is 4.43 Å². The van der Waals surface area contributed by atoms with E-state index < -0.39 is 0 Å². The number of carbonyl (C=O) groups is 1. The van der Waals surface area contributed by atoms with E-state index in [0.29, 0.717) is 16.2 Å². The van der Waals surface area contributed by atoms with Gasteiger partial charge in [-0.25, -0.2) is 0 Å². The van der Waals surface area contributed by atoms with Crippen LogP contribution in [-0.4, -0.2) is 34.4 Å². The van der Waals surface area contributed by atoms with Crippen molar-refractivity contribution in [3.8, 4) is 0 Å². The van der Waals surface area contributed by atoms with Crippen LogP contribution in [0.4, 0.5) is 0 Å². The number of Topliss-reactive ketones (excluding diaryl/α,β-unsaturated/α-hetero) is 1. The Balaban J connectivity index is 3.36. The molecule has 0 atom stereocenters. The molecule has 0 unspecified atom stereocenters. The molecule has 80 valence electrons. The number of nitrogens with zero attached hydrogens (tertiary/aromatic N) is 1. The zero-order valence-electron chi connectivity index (χ0n) is 9.30. The van der Waals surface area contributed by atoms with Crippen LogP contribution in [0.15, 0.2) is 4.99 Å². The third-order valence-electron chi connectivity index (χ3n) is 1.57. The lowest BCUT2D eigenvalue weighted by molar-refractivity contribution is -0.115. The van der Waals surface area contributed by atoms with E-state index in [0.717, 1.165) is 31.3 Å². The maximum absolute atomic E-state index is 10.7. The van der Waals surface area contributed by atoms with Gasteiger partial charge in [-0.1, -0.05) is 0 Å². The van der Waals surface area contributed by atoms with E-state index in [1.54, 1.807) is 6.92 Å². The van der Waals surface area contributed by atoms with Gasteiger partial charge in [0.05, 0.1) is 0 Å². The summed E-state index contributed by atoms with van der Waals surface area (Å²) in [7, 11) is 0.595. The predicted molar refractivity (Wildman–Crippen MR) is 60.1 cm³/mol. The number of carbonyl (C=O) groups excluding carboxylic acids is 1. The highest BCUT2D eigenvalue weighted by Gasteiger charge is 1.96. The Morgan fingerprint density at radius 3 is 2.71 bits per heavy atom. The van der Waals surface area contributed by atoms with Crippen molar-refractivity contribution in [3.05, 3.63) is 0 Å². The summed E-state index contributed by atoms with van der Waals surface area (Å²) in [5, 5.41) is 0.